The van der Waals surface area contributed by atoms with Crippen LogP contribution in [-0.2, 0) is 11.2 Å². The molecule has 0 saturated carbocycles. The zero-order valence-electron chi connectivity index (χ0n) is 11.6. The molecule has 0 bridgehead atoms. The van der Waals surface area contributed by atoms with Crippen LogP contribution in [0.5, 0.6) is 0 Å². The highest BCUT2D eigenvalue weighted by molar-refractivity contribution is 5.79. The van der Waals surface area contributed by atoms with Crippen molar-refractivity contribution < 1.29 is 9.18 Å². The number of benzene rings is 1. The number of hydrogen-bond acceptors (Lipinski definition) is 2. The Bertz CT molecular complexity index is 452. The lowest BCUT2D eigenvalue weighted by atomic mass is 10.0. The Morgan fingerprint density at radius 3 is 2.60 bits per heavy atom. The molecule has 2 rings (SSSR count). The van der Waals surface area contributed by atoms with Crippen LogP contribution in [0.4, 0.5) is 4.39 Å². The van der Waals surface area contributed by atoms with Crippen molar-refractivity contribution in [3.05, 3.63) is 48.3 Å². The van der Waals surface area contributed by atoms with Crippen LogP contribution in [0.2, 0.25) is 0 Å². The third kappa shape index (κ3) is 3.90. The Kier molecular flexibility index (Phi) is 5.30. The monoisotopic (exact) mass is 276 g/mol. The molecule has 1 fully saturated rings. The van der Waals surface area contributed by atoms with E-state index in [1.54, 1.807) is 18.2 Å². The van der Waals surface area contributed by atoms with E-state index in [0.29, 0.717) is 13.0 Å². The first-order chi connectivity index (χ1) is 9.70. The van der Waals surface area contributed by atoms with E-state index in [2.05, 4.69) is 11.9 Å². The van der Waals surface area contributed by atoms with Crippen molar-refractivity contribution in [2.75, 3.05) is 19.6 Å². The second-order valence-corrected chi connectivity index (χ2v) is 5.12. The van der Waals surface area contributed by atoms with Gasteiger partial charge in [0.15, 0.2) is 0 Å². The van der Waals surface area contributed by atoms with Crippen molar-refractivity contribution in [2.24, 2.45) is 0 Å². The van der Waals surface area contributed by atoms with Gasteiger partial charge in [-0.25, -0.2) is 4.39 Å². The maximum Gasteiger partial charge on any atom is 0.227 e. The van der Waals surface area contributed by atoms with Gasteiger partial charge in [0.1, 0.15) is 5.82 Å². The lowest BCUT2D eigenvalue weighted by molar-refractivity contribution is -0.132. The summed E-state index contributed by atoms with van der Waals surface area (Å²) < 4.78 is 12.9. The van der Waals surface area contributed by atoms with Crippen LogP contribution in [0.15, 0.2) is 36.9 Å². The Morgan fingerprint density at radius 2 is 2.00 bits per heavy atom. The van der Waals surface area contributed by atoms with Crippen LogP contribution in [0.1, 0.15) is 18.4 Å². The Labute approximate surface area is 119 Å². The highest BCUT2D eigenvalue weighted by atomic mass is 19.1. The van der Waals surface area contributed by atoms with Gasteiger partial charge in [-0.1, -0.05) is 18.2 Å². The van der Waals surface area contributed by atoms with Crippen molar-refractivity contribution in [3.8, 4) is 0 Å². The molecule has 108 valence electrons. The molecule has 3 nitrogen and oxygen atoms in total. The van der Waals surface area contributed by atoms with E-state index in [1.807, 2.05) is 4.90 Å². The van der Waals surface area contributed by atoms with Gasteiger partial charge in [0, 0.05) is 12.6 Å². The molecular weight excluding hydrogens is 255 g/mol. The minimum atomic E-state index is -0.275. The van der Waals surface area contributed by atoms with E-state index >= 15 is 0 Å². The minimum absolute atomic E-state index is 0.0865. The van der Waals surface area contributed by atoms with E-state index in [1.165, 1.54) is 12.1 Å². The molecule has 0 unspecified atom stereocenters. The highest BCUT2D eigenvalue weighted by Crippen LogP contribution is 2.14. The molecule has 1 aromatic rings. The number of piperidine rings is 1. The lowest BCUT2D eigenvalue weighted by Crippen LogP contribution is -2.46. The van der Waals surface area contributed by atoms with E-state index in [9.17, 15) is 9.18 Å². The first kappa shape index (κ1) is 14.7. The fraction of sp³-hybridized carbons (Fsp3) is 0.438. The second kappa shape index (κ2) is 7.20. The molecule has 0 radical (unpaired) electrons. The average Bonchev–Trinajstić information content (AvgIpc) is 2.48. The summed E-state index contributed by atoms with van der Waals surface area (Å²) in [6, 6.07) is 6.40. The van der Waals surface area contributed by atoms with Gasteiger partial charge in [-0.05, 0) is 43.6 Å². The maximum atomic E-state index is 12.9. The van der Waals surface area contributed by atoms with Gasteiger partial charge in [-0.2, -0.15) is 0 Å². The fourth-order valence-corrected chi connectivity index (χ4v) is 2.59. The molecule has 1 aliphatic rings. The van der Waals surface area contributed by atoms with Crippen LogP contribution >= 0.6 is 0 Å². The molecule has 0 aromatic heterocycles. The predicted octanol–water partition coefficient (Wildman–Crippen LogP) is 2.13. The smallest absolute Gasteiger partial charge is 0.227 e. The van der Waals surface area contributed by atoms with Crippen LogP contribution in [0.3, 0.4) is 0 Å². The van der Waals surface area contributed by atoms with E-state index in [4.69, 9.17) is 0 Å². The summed E-state index contributed by atoms with van der Waals surface area (Å²) >= 11 is 0. The summed E-state index contributed by atoms with van der Waals surface area (Å²) in [5.74, 6) is -0.189. The van der Waals surface area contributed by atoms with Crippen molar-refractivity contribution in [3.63, 3.8) is 0 Å². The largest absolute Gasteiger partial charge is 0.336 e. The molecule has 0 spiro atoms. The Hall–Kier alpha value is -1.68. The van der Waals surface area contributed by atoms with Gasteiger partial charge in [-0.15, -0.1) is 6.58 Å². The molecule has 20 heavy (non-hydrogen) atoms. The van der Waals surface area contributed by atoms with Gasteiger partial charge in [0.2, 0.25) is 5.91 Å². The average molecular weight is 276 g/mol. The topological polar surface area (TPSA) is 32.3 Å². The molecule has 1 heterocycles. The quantitative estimate of drug-likeness (QED) is 0.836. The summed E-state index contributed by atoms with van der Waals surface area (Å²) in [5, 5.41) is 3.30. The molecule has 0 aliphatic carbocycles. The third-order valence-corrected chi connectivity index (χ3v) is 3.66. The second-order valence-electron chi connectivity index (χ2n) is 5.12. The van der Waals surface area contributed by atoms with Gasteiger partial charge in [-0.3, -0.25) is 4.79 Å². The fourth-order valence-electron chi connectivity index (χ4n) is 2.59. The van der Waals surface area contributed by atoms with Gasteiger partial charge in [0.05, 0.1) is 6.42 Å². The van der Waals surface area contributed by atoms with E-state index in [-0.39, 0.29) is 17.8 Å². The number of carbonyl (C=O) groups excluding carboxylic acids is 1. The molecule has 1 amide bonds. The highest BCUT2D eigenvalue weighted by Gasteiger charge is 2.24. The third-order valence-electron chi connectivity index (χ3n) is 3.66. The molecule has 1 aromatic carbocycles. The van der Waals surface area contributed by atoms with Crippen LogP contribution in [0, 0.1) is 5.82 Å². The molecular formula is C16H21FN2O. The van der Waals surface area contributed by atoms with Crippen molar-refractivity contribution in [2.45, 2.75) is 25.3 Å². The molecule has 1 aliphatic heterocycles. The van der Waals surface area contributed by atoms with Gasteiger partial charge >= 0.3 is 0 Å². The van der Waals surface area contributed by atoms with Crippen LogP contribution in [0.25, 0.3) is 0 Å². The van der Waals surface area contributed by atoms with Crippen LogP contribution < -0.4 is 5.32 Å². The predicted molar refractivity (Wildman–Crippen MR) is 77.9 cm³/mol. The first-order valence-electron chi connectivity index (χ1n) is 7.06. The van der Waals surface area contributed by atoms with Gasteiger partial charge in [0.25, 0.3) is 0 Å². The number of hydrogen-bond donors (Lipinski definition) is 1. The van der Waals surface area contributed by atoms with Crippen molar-refractivity contribution in [1.29, 1.82) is 0 Å². The number of nitrogens with one attached hydrogen (secondary N) is 1. The van der Waals surface area contributed by atoms with Gasteiger partial charge < -0.3 is 10.2 Å². The van der Waals surface area contributed by atoms with E-state index in [0.717, 1.165) is 31.5 Å². The Balaban J connectivity index is 2.02. The number of nitrogens with zero attached hydrogens (tertiary/aromatic N) is 1. The lowest BCUT2D eigenvalue weighted by Gasteiger charge is -2.34. The standard InChI is InChI=1S/C16H21FN2O/c1-2-11-19(15-7-9-18-10-8-15)16(20)12-13-3-5-14(17)6-4-13/h2-6,15,18H,1,7-12H2. The summed E-state index contributed by atoms with van der Waals surface area (Å²) in [7, 11) is 0. The SMILES string of the molecule is C=CCN(C(=O)Cc1ccc(F)cc1)C1CCNCC1. The first-order valence-corrected chi connectivity index (χ1v) is 7.06. The molecule has 1 N–H and O–H groups in total. The molecule has 0 atom stereocenters. The maximum absolute atomic E-state index is 12.9. The number of rotatable bonds is 5. The summed E-state index contributed by atoms with van der Waals surface area (Å²) in [6.07, 6.45) is 4.04. The Morgan fingerprint density at radius 1 is 1.35 bits per heavy atom. The summed E-state index contributed by atoms with van der Waals surface area (Å²) in [5.41, 5.74) is 0.847. The van der Waals surface area contributed by atoms with Crippen molar-refractivity contribution in [1.82, 2.24) is 10.2 Å². The zero-order valence-corrected chi connectivity index (χ0v) is 11.6. The molecule has 4 heteroatoms. The minimum Gasteiger partial charge on any atom is -0.336 e. The summed E-state index contributed by atoms with van der Waals surface area (Å²) in [4.78, 5) is 14.4. The molecule has 1 saturated heterocycles. The number of halogens is 1. The van der Waals surface area contributed by atoms with Crippen molar-refractivity contribution >= 4 is 5.91 Å². The number of amides is 1. The van der Waals surface area contributed by atoms with E-state index < -0.39 is 0 Å². The normalized spacial score (nSPS) is 15.8. The number of carbonyl (C=O) groups is 1. The summed E-state index contributed by atoms with van der Waals surface area (Å²) in [6.45, 7) is 6.20. The van der Waals surface area contributed by atoms with Crippen LogP contribution in [-0.4, -0.2) is 36.5 Å². The zero-order chi connectivity index (χ0) is 14.4.